The molecule has 0 aromatic heterocycles. The predicted octanol–water partition coefficient (Wildman–Crippen LogP) is 2.66. The van der Waals surface area contributed by atoms with Gasteiger partial charge in [0.15, 0.2) is 5.96 Å². The Labute approximate surface area is 144 Å². The maximum Gasteiger partial charge on any atom is 0.305 e. The lowest BCUT2D eigenvalue weighted by Crippen LogP contribution is -2.53. The number of hydrogen-bond donors (Lipinski definition) is 1. The van der Waals surface area contributed by atoms with E-state index in [-0.39, 0.29) is 5.97 Å². The zero-order valence-corrected chi connectivity index (χ0v) is 15.4. The first-order valence-corrected chi connectivity index (χ1v) is 9.84. The van der Waals surface area contributed by atoms with Crippen molar-refractivity contribution in [3.8, 4) is 0 Å². The molecule has 1 heterocycles. The van der Waals surface area contributed by atoms with Crippen LogP contribution >= 0.6 is 11.8 Å². The van der Waals surface area contributed by atoms with Gasteiger partial charge in [0.05, 0.1) is 7.11 Å². The van der Waals surface area contributed by atoms with E-state index in [1.165, 1.54) is 45.0 Å². The second-order valence-corrected chi connectivity index (χ2v) is 8.08. The van der Waals surface area contributed by atoms with Crippen molar-refractivity contribution >= 4 is 23.7 Å². The third kappa shape index (κ3) is 5.59. The molecule has 0 unspecified atom stereocenters. The lowest BCUT2D eigenvalue weighted by atomic mass is 9.87. The van der Waals surface area contributed by atoms with E-state index in [2.05, 4.69) is 31.7 Å². The highest BCUT2D eigenvalue weighted by Gasteiger charge is 2.38. The molecule has 1 N–H and O–H groups in total. The second-order valence-electron chi connectivity index (χ2n) is 6.52. The maximum atomic E-state index is 11.1. The van der Waals surface area contributed by atoms with E-state index in [9.17, 15) is 4.79 Å². The molecule has 0 aromatic rings. The monoisotopic (exact) mass is 341 g/mol. The number of unbranched alkanes of at least 4 members (excludes halogenated alkanes) is 1. The first-order chi connectivity index (χ1) is 11.2. The van der Waals surface area contributed by atoms with E-state index in [1.807, 2.05) is 7.05 Å². The van der Waals surface area contributed by atoms with E-state index >= 15 is 0 Å². The van der Waals surface area contributed by atoms with Gasteiger partial charge >= 0.3 is 5.97 Å². The summed E-state index contributed by atoms with van der Waals surface area (Å²) in [6.07, 6.45) is 9.17. The zero-order valence-electron chi connectivity index (χ0n) is 14.6. The minimum atomic E-state index is -0.123. The first-order valence-electron chi connectivity index (χ1n) is 8.85. The van der Waals surface area contributed by atoms with Gasteiger partial charge in [-0.1, -0.05) is 19.3 Å². The molecule has 1 saturated heterocycles. The number of carbonyl (C=O) groups excluding carboxylic acids is 1. The second kappa shape index (κ2) is 9.40. The molecule has 23 heavy (non-hydrogen) atoms. The van der Waals surface area contributed by atoms with Crippen LogP contribution in [0.1, 0.15) is 51.4 Å². The number of guanidine groups is 1. The highest BCUT2D eigenvalue weighted by molar-refractivity contribution is 8.00. The number of nitrogens with one attached hydrogen (secondary N) is 1. The molecule has 0 radical (unpaired) electrons. The number of methoxy groups -OCH3 is 1. The van der Waals surface area contributed by atoms with E-state index in [1.54, 1.807) is 0 Å². The number of nitrogens with zero attached hydrogens (tertiary/aromatic N) is 2. The van der Waals surface area contributed by atoms with Crippen molar-refractivity contribution in [1.82, 2.24) is 10.2 Å². The van der Waals surface area contributed by atoms with Crippen LogP contribution in [0, 0.1) is 0 Å². The minimum absolute atomic E-state index is 0.123. The highest BCUT2D eigenvalue weighted by Crippen LogP contribution is 2.42. The molecule has 6 heteroatoms. The third-order valence-electron chi connectivity index (χ3n) is 4.84. The summed E-state index contributed by atoms with van der Waals surface area (Å²) < 4.78 is 5.12. The van der Waals surface area contributed by atoms with Gasteiger partial charge in [0.2, 0.25) is 0 Å². The fourth-order valence-electron chi connectivity index (χ4n) is 3.55. The summed E-state index contributed by atoms with van der Waals surface area (Å²) in [5.41, 5.74) is 0. The van der Waals surface area contributed by atoms with Gasteiger partial charge in [-0.3, -0.25) is 9.79 Å². The van der Waals surface area contributed by atoms with Crippen molar-refractivity contribution in [2.45, 2.75) is 56.1 Å². The average molecular weight is 342 g/mol. The third-order valence-corrected chi connectivity index (χ3v) is 6.38. The molecular formula is C17H31N3O2S. The normalized spacial score (nSPS) is 21.3. The topological polar surface area (TPSA) is 53.9 Å². The molecule has 1 aliphatic heterocycles. The summed E-state index contributed by atoms with van der Waals surface area (Å²) in [6.45, 7) is 3.06. The number of aliphatic imine (C=N–C) groups is 1. The van der Waals surface area contributed by atoms with Gasteiger partial charge in [-0.2, -0.15) is 11.8 Å². The summed E-state index contributed by atoms with van der Waals surface area (Å²) in [4.78, 5) is 18.0. The number of carbonyl (C=O) groups is 1. The molecule has 2 aliphatic rings. The average Bonchev–Trinajstić information content (AvgIpc) is 2.58. The molecule has 1 spiro atoms. The van der Waals surface area contributed by atoms with Crippen molar-refractivity contribution in [3.05, 3.63) is 0 Å². The van der Waals surface area contributed by atoms with Crippen molar-refractivity contribution in [2.24, 2.45) is 4.99 Å². The van der Waals surface area contributed by atoms with E-state index < -0.39 is 0 Å². The Morgan fingerprint density at radius 3 is 2.78 bits per heavy atom. The fourth-order valence-corrected chi connectivity index (χ4v) is 5.12. The molecule has 1 aliphatic carbocycles. The summed E-state index contributed by atoms with van der Waals surface area (Å²) in [6, 6.07) is 0. The van der Waals surface area contributed by atoms with Crippen molar-refractivity contribution < 1.29 is 9.53 Å². The van der Waals surface area contributed by atoms with Crippen LogP contribution in [-0.2, 0) is 9.53 Å². The number of ether oxygens (including phenoxy) is 1. The van der Waals surface area contributed by atoms with Gasteiger partial charge < -0.3 is 15.0 Å². The molecular weight excluding hydrogens is 310 g/mol. The van der Waals surface area contributed by atoms with Crippen LogP contribution in [0.25, 0.3) is 0 Å². The number of thioether (sulfide) groups is 1. The van der Waals surface area contributed by atoms with Gasteiger partial charge in [0.1, 0.15) is 0 Å². The molecule has 0 aromatic carbocycles. The molecule has 2 fully saturated rings. The molecule has 0 bridgehead atoms. The van der Waals surface area contributed by atoms with Crippen molar-refractivity contribution in [2.75, 3.05) is 39.5 Å². The lowest BCUT2D eigenvalue weighted by molar-refractivity contribution is -0.140. The Kier molecular flexibility index (Phi) is 7.53. The van der Waals surface area contributed by atoms with Gasteiger partial charge in [-0.15, -0.1) is 0 Å². The Morgan fingerprint density at radius 1 is 1.30 bits per heavy atom. The smallest absolute Gasteiger partial charge is 0.305 e. The van der Waals surface area contributed by atoms with E-state index in [4.69, 9.17) is 0 Å². The van der Waals surface area contributed by atoms with Crippen LogP contribution in [-0.4, -0.2) is 61.1 Å². The highest BCUT2D eigenvalue weighted by atomic mass is 32.2. The van der Waals surface area contributed by atoms with Crippen LogP contribution in [0.4, 0.5) is 0 Å². The van der Waals surface area contributed by atoms with Crippen LogP contribution < -0.4 is 5.32 Å². The number of rotatable bonds is 5. The lowest BCUT2D eigenvalue weighted by Gasteiger charge is -2.45. The molecule has 0 amide bonds. The Bertz CT molecular complexity index is 403. The zero-order chi connectivity index (χ0) is 16.5. The molecule has 5 nitrogen and oxygen atoms in total. The minimum Gasteiger partial charge on any atom is -0.469 e. The van der Waals surface area contributed by atoms with Crippen LogP contribution in [0.15, 0.2) is 4.99 Å². The van der Waals surface area contributed by atoms with Gasteiger partial charge in [0, 0.05) is 43.6 Å². The molecule has 0 atom stereocenters. The predicted molar refractivity (Wildman–Crippen MR) is 97.1 cm³/mol. The maximum absolute atomic E-state index is 11.1. The van der Waals surface area contributed by atoms with Gasteiger partial charge in [-0.05, 0) is 25.7 Å². The van der Waals surface area contributed by atoms with Crippen LogP contribution in [0.2, 0.25) is 0 Å². The summed E-state index contributed by atoms with van der Waals surface area (Å²) in [7, 11) is 3.31. The van der Waals surface area contributed by atoms with E-state index in [0.717, 1.165) is 38.4 Å². The largest absolute Gasteiger partial charge is 0.469 e. The van der Waals surface area contributed by atoms with Gasteiger partial charge in [-0.25, -0.2) is 0 Å². The van der Waals surface area contributed by atoms with Crippen LogP contribution in [0.3, 0.4) is 0 Å². The van der Waals surface area contributed by atoms with Gasteiger partial charge in [0.25, 0.3) is 0 Å². The first kappa shape index (κ1) is 18.4. The number of hydrogen-bond acceptors (Lipinski definition) is 4. The van der Waals surface area contributed by atoms with E-state index in [0.29, 0.717) is 11.2 Å². The quantitative estimate of drug-likeness (QED) is 0.361. The standard InChI is InChI=1S/C17H31N3O2S/c1-18-16(19-11-7-4-8-15(21)22-2)20-12-13-23-17(14-20)9-5-3-6-10-17/h3-14H2,1-2H3,(H,18,19). The molecule has 132 valence electrons. The number of esters is 1. The SMILES string of the molecule is CN=C(NCCCCC(=O)OC)N1CCSC2(CCCCC2)C1. The Hall–Kier alpha value is -0.910. The Morgan fingerprint density at radius 2 is 2.09 bits per heavy atom. The van der Waals surface area contributed by atoms with Crippen molar-refractivity contribution in [3.63, 3.8) is 0 Å². The Balaban J connectivity index is 1.75. The summed E-state index contributed by atoms with van der Waals surface area (Å²) in [5.74, 6) is 2.10. The molecule has 2 rings (SSSR count). The molecule has 1 saturated carbocycles. The summed E-state index contributed by atoms with van der Waals surface area (Å²) in [5, 5.41) is 3.47. The fraction of sp³-hybridized carbons (Fsp3) is 0.882. The van der Waals surface area contributed by atoms with Crippen LogP contribution in [0.5, 0.6) is 0 Å². The van der Waals surface area contributed by atoms with Crippen molar-refractivity contribution in [1.29, 1.82) is 0 Å². The summed E-state index contributed by atoms with van der Waals surface area (Å²) >= 11 is 2.18.